The summed E-state index contributed by atoms with van der Waals surface area (Å²) < 4.78 is 36.5. The quantitative estimate of drug-likeness (QED) is 0.528. The number of nitrogens with zero attached hydrogens (tertiary/aromatic N) is 2. The summed E-state index contributed by atoms with van der Waals surface area (Å²) in [5, 5.41) is 6.90. The van der Waals surface area contributed by atoms with Gasteiger partial charge in [-0.3, -0.25) is 9.48 Å². The first-order valence-electron chi connectivity index (χ1n) is 10.0. The minimum Gasteiger partial charge on any atom is -0.493 e. The number of sulfone groups is 1. The van der Waals surface area contributed by atoms with Crippen LogP contribution in [0.1, 0.15) is 30.4 Å². The minimum atomic E-state index is -3.35. The Bertz CT molecular complexity index is 1200. The summed E-state index contributed by atoms with van der Waals surface area (Å²) in [6.45, 7) is 2.29. The van der Waals surface area contributed by atoms with Crippen molar-refractivity contribution in [3.05, 3.63) is 66.0 Å². The molecular weight excluding hydrogens is 430 g/mol. The maximum absolute atomic E-state index is 12.6. The van der Waals surface area contributed by atoms with E-state index in [-0.39, 0.29) is 23.1 Å². The van der Waals surface area contributed by atoms with Crippen LogP contribution in [0.3, 0.4) is 0 Å². The largest absolute Gasteiger partial charge is 0.493 e. The Kier molecular flexibility index (Phi) is 7.19. The van der Waals surface area contributed by atoms with Gasteiger partial charge in [0.05, 0.1) is 18.2 Å². The summed E-state index contributed by atoms with van der Waals surface area (Å²) in [7, 11) is 0.0738. The van der Waals surface area contributed by atoms with Crippen molar-refractivity contribution in [1.29, 1.82) is 0 Å². The van der Waals surface area contributed by atoms with Gasteiger partial charge in [-0.1, -0.05) is 19.1 Å². The zero-order valence-electron chi connectivity index (χ0n) is 18.5. The molecule has 1 heterocycles. The number of carbonyl (C=O) groups is 1. The van der Waals surface area contributed by atoms with Crippen LogP contribution in [0, 0.1) is 0 Å². The molecule has 0 saturated heterocycles. The van der Waals surface area contributed by atoms with Gasteiger partial charge >= 0.3 is 0 Å². The van der Waals surface area contributed by atoms with Crippen LogP contribution in [0.15, 0.2) is 59.8 Å². The molecule has 1 aromatic heterocycles. The normalized spacial score (nSPS) is 12.2. The minimum absolute atomic E-state index is 0.0975. The zero-order chi connectivity index (χ0) is 23.3. The molecule has 0 aliphatic rings. The second kappa shape index (κ2) is 9.86. The van der Waals surface area contributed by atoms with Crippen molar-refractivity contribution in [2.45, 2.75) is 30.8 Å². The Hall–Kier alpha value is -3.33. The Morgan fingerprint density at radius 2 is 1.97 bits per heavy atom. The molecule has 1 amide bonds. The van der Waals surface area contributed by atoms with Gasteiger partial charge in [-0.05, 0) is 41.8 Å². The van der Waals surface area contributed by atoms with Crippen molar-refractivity contribution in [3.8, 4) is 11.5 Å². The van der Waals surface area contributed by atoms with Gasteiger partial charge < -0.3 is 14.8 Å². The van der Waals surface area contributed by atoms with Gasteiger partial charge in [0, 0.05) is 37.2 Å². The molecule has 9 heteroatoms. The van der Waals surface area contributed by atoms with E-state index in [2.05, 4.69) is 10.4 Å². The highest BCUT2D eigenvalue weighted by Gasteiger charge is 2.16. The summed E-state index contributed by atoms with van der Waals surface area (Å²) in [4.78, 5) is 12.7. The maximum Gasteiger partial charge on any atom is 0.224 e. The molecule has 0 aliphatic carbocycles. The zero-order valence-corrected chi connectivity index (χ0v) is 19.3. The average Bonchev–Trinajstić information content (AvgIpc) is 3.16. The molecule has 170 valence electrons. The van der Waals surface area contributed by atoms with Gasteiger partial charge in [-0.15, -0.1) is 0 Å². The van der Waals surface area contributed by atoms with Crippen molar-refractivity contribution in [2.75, 3.05) is 18.7 Å². The Balaban J connectivity index is 1.67. The van der Waals surface area contributed by atoms with Crippen molar-refractivity contribution in [2.24, 2.45) is 7.05 Å². The van der Waals surface area contributed by atoms with Crippen LogP contribution in [0.4, 0.5) is 5.69 Å². The number of methoxy groups -OCH3 is 1. The van der Waals surface area contributed by atoms with Crippen LogP contribution in [-0.4, -0.2) is 37.5 Å². The third-order valence-electron chi connectivity index (χ3n) is 4.95. The smallest absolute Gasteiger partial charge is 0.224 e. The number of carbonyl (C=O) groups excluding carboxylic acids is 1. The second-order valence-corrected chi connectivity index (χ2v) is 9.69. The monoisotopic (exact) mass is 457 g/mol. The van der Waals surface area contributed by atoms with Gasteiger partial charge in [-0.2, -0.15) is 5.10 Å². The topological polar surface area (TPSA) is 99.5 Å². The molecule has 0 radical (unpaired) electrons. The van der Waals surface area contributed by atoms with E-state index in [1.165, 1.54) is 12.1 Å². The summed E-state index contributed by atoms with van der Waals surface area (Å²) in [6, 6.07) is 11.8. The fourth-order valence-electron chi connectivity index (χ4n) is 3.23. The molecule has 3 rings (SSSR count). The Labute approximate surface area is 188 Å². The SMILES string of the molecule is COc1ccc(C(C)CC(=O)Nc2cccc(S(C)(=O)=O)c2)cc1OCc1cnn(C)c1. The molecule has 2 aromatic carbocycles. The van der Waals surface area contributed by atoms with Gasteiger partial charge in [-0.25, -0.2) is 8.42 Å². The summed E-state index contributed by atoms with van der Waals surface area (Å²) in [5.74, 6) is 0.880. The summed E-state index contributed by atoms with van der Waals surface area (Å²) in [5.41, 5.74) is 2.30. The lowest BCUT2D eigenvalue weighted by Crippen LogP contribution is -2.15. The van der Waals surface area contributed by atoms with E-state index < -0.39 is 9.84 Å². The van der Waals surface area contributed by atoms with Gasteiger partial charge in [0.15, 0.2) is 21.3 Å². The molecule has 1 unspecified atom stereocenters. The Morgan fingerprint density at radius 3 is 2.62 bits per heavy atom. The first kappa shape index (κ1) is 23.3. The number of hydrogen-bond donors (Lipinski definition) is 1. The molecule has 1 N–H and O–H groups in total. The third kappa shape index (κ3) is 6.10. The van der Waals surface area contributed by atoms with E-state index in [0.29, 0.717) is 23.8 Å². The van der Waals surface area contributed by atoms with E-state index in [1.807, 2.05) is 38.4 Å². The van der Waals surface area contributed by atoms with Crippen LogP contribution >= 0.6 is 0 Å². The van der Waals surface area contributed by atoms with E-state index in [1.54, 1.807) is 30.1 Å². The summed E-state index contributed by atoms with van der Waals surface area (Å²) in [6.07, 6.45) is 4.97. The first-order valence-corrected chi connectivity index (χ1v) is 11.9. The number of hydrogen-bond acceptors (Lipinski definition) is 6. The first-order chi connectivity index (χ1) is 15.2. The van der Waals surface area contributed by atoms with Crippen molar-refractivity contribution < 1.29 is 22.7 Å². The number of anilines is 1. The molecule has 1 atom stereocenters. The molecule has 0 bridgehead atoms. The van der Waals surface area contributed by atoms with E-state index in [9.17, 15) is 13.2 Å². The molecule has 0 fully saturated rings. The lowest BCUT2D eigenvalue weighted by atomic mass is 9.97. The summed E-state index contributed by atoms with van der Waals surface area (Å²) >= 11 is 0. The highest BCUT2D eigenvalue weighted by molar-refractivity contribution is 7.90. The van der Waals surface area contributed by atoms with Crippen molar-refractivity contribution >= 4 is 21.4 Å². The number of amides is 1. The number of aromatic nitrogens is 2. The number of benzene rings is 2. The molecule has 8 nitrogen and oxygen atoms in total. The standard InChI is InChI=1S/C23H27N3O5S/c1-16(10-23(27)25-19-6-5-7-20(12-19)32(4,28)29)18-8-9-21(30-3)22(11-18)31-15-17-13-24-26(2)14-17/h5-9,11-14,16H,10,15H2,1-4H3,(H,25,27). The second-order valence-electron chi connectivity index (χ2n) is 7.67. The van der Waals surface area contributed by atoms with Crippen LogP contribution in [0.2, 0.25) is 0 Å². The lowest BCUT2D eigenvalue weighted by Gasteiger charge is -2.16. The fraction of sp³-hybridized carbons (Fsp3) is 0.304. The predicted molar refractivity (Wildman–Crippen MR) is 122 cm³/mol. The predicted octanol–water partition coefficient (Wildman–Crippen LogP) is 3.54. The third-order valence-corrected chi connectivity index (χ3v) is 6.06. The van der Waals surface area contributed by atoms with Crippen LogP contribution < -0.4 is 14.8 Å². The maximum atomic E-state index is 12.6. The van der Waals surface area contributed by atoms with Crippen LogP contribution in [0.5, 0.6) is 11.5 Å². The highest BCUT2D eigenvalue weighted by atomic mass is 32.2. The molecule has 32 heavy (non-hydrogen) atoms. The lowest BCUT2D eigenvalue weighted by molar-refractivity contribution is -0.116. The van der Waals surface area contributed by atoms with Gasteiger partial charge in [0.2, 0.25) is 5.91 Å². The van der Waals surface area contributed by atoms with Crippen molar-refractivity contribution in [3.63, 3.8) is 0 Å². The van der Waals surface area contributed by atoms with Gasteiger partial charge in [0.25, 0.3) is 0 Å². The molecular formula is C23H27N3O5S. The van der Waals surface area contributed by atoms with E-state index in [0.717, 1.165) is 17.4 Å². The molecule has 3 aromatic rings. The molecule has 0 saturated carbocycles. The van der Waals surface area contributed by atoms with E-state index in [4.69, 9.17) is 9.47 Å². The molecule has 0 spiro atoms. The van der Waals surface area contributed by atoms with Crippen LogP contribution in [-0.2, 0) is 28.3 Å². The van der Waals surface area contributed by atoms with E-state index >= 15 is 0 Å². The number of nitrogens with one attached hydrogen (secondary N) is 1. The fourth-order valence-corrected chi connectivity index (χ4v) is 3.90. The number of rotatable bonds is 9. The number of aryl methyl sites for hydroxylation is 1. The number of ether oxygens (including phenoxy) is 2. The Morgan fingerprint density at radius 1 is 1.19 bits per heavy atom. The van der Waals surface area contributed by atoms with Gasteiger partial charge in [0.1, 0.15) is 6.61 Å². The highest BCUT2D eigenvalue weighted by Crippen LogP contribution is 2.32. The average molecular weight is 458 g/mol. The molecule has 0 aliphatic heterocycles. The van der Waals surface area contributed by atoms with Crippen LogP contribution in [0.25, 0.3) is 0 Å². The van der Waals surface area contributed by atoms with Crippen molar-refractivity contribution in [1.82, 2.24) is 9.78 Å².